The predicted molar refractivity (Wildman–Crippen MR) is 57.0 cm³/mol. The van der Waals surface area contributed by atoms with Gasteiger partial charge in [0.05, 0.1) is 18.3 Å². The van der Waals surface area contributed by atoms with Crippen molar-refractivity contribution in [2.45, 2.75) is 19.8 Å². The molecular weight excluding hydrogens is 206 g/mol. The molecule has 84 valence electrons. The molecule has 16 heavy (non-hydrogen) atoms. The zero-order valence-corrected chi connectivity index (χ0v) is 9.27. The lowest BCUT2D eigenvalue weighted by atomic mass is 10.1. The van der Waals surface area contributed by atoms with Gasteiger partial charge in [-0.2, -0.15) is 20.5 Å². The molecule has 0 atom stereocenters. The van der Waals surface area contributed by atoms with Crippen LogP contribution in [-0.2, 0) is 19.9 Å². The quantitative estimate of drug-likeness (QED) is 0.761. The first-order chi connectivity index (χ1) is 7.70. The van der Waals surface area contributed by atoms with E-state index in [-0.39, 0.29) is 5.78 Å². The van der Waals surface area contributed by atoms with Gasteiger partial charge in [0, 0.05) is 12.7 Å². The maximum Gasteiger partial charge on any atom is 0.190 e. The Balaban J connectivity index is 2.15. The minimum atomic E-state index is -0.0561. The lowest BCUT2D eigenvalue weighted by molar-refractivity contribution is 0.0986. The summed E-state index contributed by atoms with van der Waals surface area (Å²) in [4.78, 5) is 11.8. The van der Waals surface area contributed by atoms with Crippen LogP contribution in [0.3, 0.4) is 0 Å². The lowest BCUT2D eigenvalue weighted by Crippen LogP contribution is -2.08. The molecule has 0 aliphatic heterocycles. The molecule has 0 saturated carbocycles. The summed E-state index contributed by atoms with van der Waals surface area (Å²) in [5.74, 6) is -0.0561. The number of carbonyl (C=O) groups excluding carboxylic acids is 1. The van der Waals surface area contributed by atoms with E-state index in [0.29, 0.717) is 12.1 Å². The molecule has 6 nitrogen and oxygen atoms in total. The summed E-state index contributed by atoms with van der Waals surface area (Å²) < 4.78 is 1.73. The molecule has 0 amide bonds. The summed E-state index contributed by atoms with van der Waals surface area (Å²) in [5, 5.41) is 14.1. The molecule has 0 aliphatic carbocycles. The number of hydrogen-bond acceptors (Lipinski definition) is 4. The van der Waals surface area contributed by atoms with Crippen molar-refractivity contribution >= 4 is 5.78 Å². The minimum Gasteiger partial charge on any atom is -0.292 e. The first-order valence-corrected chi connectivity index (χ1v) is 5.11. The first kappa shape index (κ1) is 10.5. The molecule has 0 bridgehead atoms. The molecular formula is C10H13N5O. The summed E-state index contributed by atoms with van der Waals surface area (Å²) in [6.07, 6.45) is 2.60. The Morgan fingerprint density at radius 1 is 1.56 bits per heavy atom. The second-order valence-corrected chi connectivity index (χ2v) is 3.56. The summed E-state index contributed by atoms with van der Waals surface area (Å²) in [5.41, 5.74) is 2.24. The van der Waals surface area contributed by atoms with Gasteiger partial charge in [-0.15, -0.1) is 0 Å². The van der Waals surface area contributed by atoms with Crippen molar-refractivity contribution in [3.05, 3.63) is 29.3 Å². The van der Waals surface area contributed by atoms with Crippen molar-refractivity contribution in [1.82, 2.24) is 25.2 Å². The van der Waals surface area contributed by atoms with Crippen molar-refractivity contribution in [3.8, 4) is 0 Å². The van der Waals surface area contributed by atoms with E-state index in [2.05, 4.69) is 20.5 Å². The summed E-state index contributed by atoms with van der Waals surface area (Å²) in [6.45, 7) is 2.03. The maximum atomic E-state index is 11.8. The average molecular weight is 219 g/mol. The Morgan fingerprint density at radius 3 is 2.94 bits per heavy atom. The van der Waals surface area contributed by atoms with Gasteiger partial charge in [-0.1, -0.05) is 6.92 Å². The van der Waals surface area contributed by atoms with Gasteiger partial charge >= 0.3 is 0 Å². The number of aromatic nitrogens is 5. The molecule has 6 heteroatoms. The Kier molecular flexibility index (Phi) is 2.80. The van der Waals surface area contributed by atoms with Crippen molar-refractivity contribution in [1.29, 1.82) is 0 Å². The number of ketones is 1. The average Bonchev–Trinajstić information content (AvgIpc) is 2.88. The fourth-order valence-electron chi connectivity index (χ4n) is 1.50. The third-order valence-electron chi connectivity index (χ3n) is 2.43. The second kappa shape index (κ2) is 4.26. The molecule has 1 N–H and O–H groups in total. The molecule has 0 unspecified atom stereocenters. The molecule has 0 saturated heterocycles. The van der Waals surface area contributed by atoms with Crippen LogP contribution in [-0.4, -0.2) is 31.0 Å². The van der Waals surface area contributed by atoms with E-state index in [1.165, 1.54) is 6.20 Å². The number of nitrogens with one attached hydrogen (secondary N) is 1. The Bertz CT molecular complexity index is 485. The van der Waals surface area contributed by atoms with Crippen LogP contribution in [0.2, 0.25) is 0 Å². The number of aryl methyl sites for hydroxylation is 2. The van der Waals surface area contributed by atoms with E-state index in [0.717, 1.165) is 17.8 Å². The molecule has 2 aromatic rings. The summed E-state index contributed by atoms with van der Waals surface area (Å²) in [7, 11) is 1.84. The van der Waals surface area contributed by atoms with Crippen LogP contribution in [0, 0.1) is 0 Å². The van der Waals surface area contributed by atoms with E-state index in [1.807, 2.05) is 20.0 Å². The van der Waals surface area contributed by atoms with Crippen molar-refractivity contribution in [3.63, 3.8) is 0 Å². The Morgan fingerprint density at radius 2 is 2.38 bits per heavy atom. The highest BCUT2D eigenvalue weighted by Gasteiger charge is 2.13. The van der Waals surface area contributed by atoms with Crippen LogP contribution < -0.4 is 0 Å². The maximum absolute atomic E-state index is 11.8. The van der Waals surface area contributed by atoms with E-state index < -0.39 is 0 Å². The molecule has 2 aromatic heterocycles. The normalized spacial score (nSPS) is 10.6. The summed E-state index contributed by atoms with van der Waals surface area (Å²) in [6, 6.07) is 1.94. The number of Topliss-reactive ketones (excluding diaryl/α,β-unsaturated/α-hetero) is 1. The van der Waals surface area contributed by atoms with Gasteiger partial charge in [0.15, 0.2) is 5.78 Å². The van der Waals surface area contributed by atoms with Crippen LogP contribution in [0.25, 0.3) is 0 Å². The number of hydrogen-bond donors (Lipinski definition) is 1. The molecule has 2 rings (SSSR count). The number of nitrogens with zero attached hydrogens (tertiary/aromatic N) is 4. The van der Waals surface area contributed by atoms with E-state index in [9.17, 15) is 4.79 Å². The molecule has 0 aliphatic rings. The molecule has 0 fully saturated rings. The van der Waals surface area contributed by atoms with Crippen LogP contribution in [0.15, 0.2) is 12.3 Å². The predicted octanol–water partition coefficient (Wildman–Crippen LogP) is 0.526. The van der Waals surface area contributed by atoms with Crippen molar-refractivity contribution in [2.75, 3.05) is 0 Å². The highest BCUT2D eigenvalue weighted by molar-refractivity contribution is 5.95. The van der Waals surface area contributed by atoms with E-state index in [4.69, 9.17) is 0 Å². The third-order valence-corrected chi connectivity index (χ3v) is 2.43. The third kappa shape index (κ3) is 2.00. The van der Waals surface area contributed by atoms with E-state index >= 15 is 0 Å². The fourth-order valence-corrected chi connectivity index (χ4v) is 1.50. The first-order valence-electron chi connectivity index (χ1n) is 5.11. The van der Waals surface area contributed by atoms with Crippen LogP contribution in [0.1, 0.15) is 28.8 Å². The number of carbonyl (C=O) groups is 1. The van der Waals surface area contributed by atoms with Crippen LogP contribution in [0.5, 0.6) is 0 Å². The zero-order chi connectivity index (χ0) is 11.5. The highest BCUT2D eigenvalue weighted by Crippen LogP contribution is 2.07. The topological polar surface area (TPSA) is 76.5 Å². The van der Waals surface area contributed by atoms with Gasteiger partial charge in [0.1, 0.15) is 5.69 Å². The van der Waals surface area contributed by atoms with E-state index in [1.54, 1.807) is 4.68 Å². The summed E-state index contributed by atoms with van der Waals surface area (Å²) >= 11 is 0. The van der Waals surface area contributed by atoms with Crippen LogP contribution >= 0.6 is 0 Å². The smallest absolute Gasteiger partial charge is 0.190 e. The molecule has 0 spiro atoms. The van der Waals surface area contributed by atoms with Gasteiger partial charge in [-0.05, 0) is 12.5 Å². The SMILES string of the molecule is CCc1cc(CC(=O)c2cn[nH]n2)n(C)n1. The molecule has 0 radical (unpaired) electrons. The van der Waals surface area contributed by atoms with Crippen molar-refractivity contribution in [2.24, 2.45) is 7.05 Å². The zero-order valence-electron chi connectivity index (χ0n) is 9.27. The van der Waals surface area contributed by atoms with Crippen molar-refractivity contribution < 1.29 is 4.79 Å². The lowest BCUT2D eigenvalue weighted by Gasteiger charge is -1.97. The molecule has 0 aromatic carbocycles. The molecule has 2 heterocycles. The number of H-pyrrole nitrogens is 1. The van der Waals surface area contributed by atoms with Gasteiger partial charge in [0.25, 0.3) is 0 Å². The van der Waals surface area contributed by atoms with Gasteiger partial charge in [-0.25, -0.2) is 0 Å². The monoisotopic (exact) mass is 219 g/mol. The largest absolute Gasteiger partial charge is 0.292 e. The fraction of sp³-hybridized carbons (Fsp3) is 0.400. The number of aromatic amines is 1. The Hall–Kier alpha value is -1.98. The van der Waals surface area contributed by atoms with Gasteiger partial charge < -0.3 is 0 Å². The van der Waals surface area contributed by atoms with Gasteiger partial charge in [0.2, 0.25) is 0 Å². The Labute approximate surface area is 92.7 Å². The number of rotatable bonds is 4. The minimum absolute atomic E-state index is 0.0561. The van der Waals surface area contributed by atoms with Crippen LogP contribution in [0.4, 0.5) is 0 Å². The van der Waals surface area contributed by atoms with Gasteiger partial charge in [-0.3, -0.25) is 9.48 Å². The second-order valence-electron chi connectivity index (χ2n) is 3.56. The highest BCUT2D eigenvalue weighted by atomic mass is 16.1. The standard InChI is InChI=1S/C10H13N5O/c1-3-7-4-8(15(2)13-7)5-10(16)9-6-11-14-12-9/h4,6H,3,5H2,1-2H3,(H,11,12,14).